The molecule has 0 unspecified atom stereocenters. The summed E-state index contributed by atoms with van der Waals surface area (Å²) in [6.07, 6.45) is 5.54. The minimum absolute atomic E-state index is 0.159. The molecule has 1 heterocycles. The smallest absolute Gasteiger partial charge is 0.222 e. The van der Waals surface area contributed by atoms with E-state index in [-0.39, 0.29) is 5.91 Å². The predicted octanol–water partition coefficient (Wildman–Crippen LogP) is 1.16. The summed E-state index contributed by atoms with van der Waals surface area (Å²) < 4.78 is 4.96. The fourth-order valence-corrected chi connectivity index (χ4v) is 1.59. The third kappa shape index (κ3) is 6.71. The molecule has 6 heteroatoms. The van der Waals surface area contributed by atoms with Gasteiger partial charge in [0.1, 0.15) is 0 Å². The molecule has 1 aromatic rings. The number of methoxy groups -OCH3 is 1. The third-order valence-electron chi connectivity index (χ3n) is 2.68. The topological polar surface area (TPSA) is 67.3 Å². The summed E-state index contributed by atoms with van der Waals surface area (Å²) in [5.41, 5.74) is 0. The van der Waals surface area contributed by atoms with E-state index in [1.165, 1.54) is 0 Å². The van der Waals surface area contributed by atoms with E-state index in [2.05, 4.69) is 15.3 Å². The molecular formula is C13H22N4O2. The average Bonchev–Trinajstić information content (AvgIpc) is 2.44. The number of anilines is 1. The van der Waals surface area contributed by atoms with Crippen LogP contribution in [0.25, 0.3) is 0 Å². The van der Waals surface area contributed by atoms with Crippen molar-refractivity contribution in [3.8, 4) is 0 Å². The molecule has 6 nitrogen and oxygen atoms in total. The second kappa shape index (κ2) is 9.27. The number of hydrogen-bond donors (Lipinski definition) is 1. The van der Waals surface area contributed by atoms with E-state index in [4.69, 9.17) is 4.74 Å². The van der Waals surface area contributed by atoms with Crippen molar-refractivity contribution in [3.63, 3.8) is 0 Å². The summed E-state index contributed by atoms with van der Waals surface area (Å²) in [6.45, 7) is 2.12. The Hall–Kier alpha value is -1.69. The summed E-state index contributed by atoms with van der Waals surface area (Å²) in [4.78, 5) is 21.6. The highest BCUT2D eigenvalue weighted by atomic mass is 16.5. The molecule has 0 atom stereocenters. The zero-order valence-electron chi connectivity index (χ0n) is 11.6. The molecule has 0 saturated carbocycles. The Balaban J connectivity index is 2.09. The fraction of sp³-hybridized carbons (Fsp3) is 0.615. The van der Waals surface area contributed by atoms with Crippen molar-refractivity contribution in [3.05, 3.63) is 18.5 Å². The van der Waals surface area contributed by atoms with Gasteiger partial charge >= 0.3 is 0 Å². The molecule has 0 aliphatic carbocycles. The fourth-order valence-electron chi connectivity index (χ4n) is 1.59. The van der Waals surface area contributed by atoms with Gasteiger partial charge in [0.05, 0.1) is 0 Å². The second-order valence-corrected chi connectivity index (χ2v) is 4.26. The minimum Gasteiger partial charge on any atom is -0.385 e. The number of amides is 1. The minimum atomic E-state index is 0.159. The average molecular weight is 266 g/mol. The van der Waals surface area contributed by atoms with Crippen molar-refractivity contribution < 1.29 is 9.53 Å². The third-order valence-corrected chi connectivity index (χ3v) is 2.68. The Morgan fingerprint density at radius 3 is 2.79 bits per heavy atom. The SMILES string of the molecule is COCCCN(C)C(=O)CCCNc1ncccn1. The van der Waals surface area contributed by atoms with Crippen LogP contribution in [0.4, 0.5) is 5.95 Å². The number of hydrogen-bond acceptors (Lipinski definition) is 5. The largest absolute Gasteiger partial charge is 0.385 e. The highest BCUT2D eigenvalue weighted by molar-refractivity contribution is 5.75. The molecule has 0 fully saturated rings. The second-order valence-electron chi connectivity index (χ2n) is 4.26. The van der Waals surface area contributed by atoms with E-state index in [0.29, 0.717) is 25.5 Å². The van der Waals surface area contributed by atoms with Crippen molar-refractivity contribution >= 4 is 11.9 Å². The molecule has 0 aromatic carbocycles. The zero-order valence-corrected chi connectivity index (χ0v) is 11.6. The van der Waals surface area contributed by atoms with Crippen molar-refractivity contribution in [1.29, 1.82) is 0 Å². The molecule has 0 radical (unpaired) electrons. The lowest BCUT2D eigenvalue weighted by Crippen LogP contribution is -2.28. The Morgan fingerprint density at radius 2 is 2.11 bits per heavy atom. The monoisotopic (exact) mass is 266 g/mol. The molecule has 0 bridgehead atoms. The quantitative estimate of drug-likeness (QED) is 0.679. The summed E-state index contributed by atoms with van der Waals surface area (Å²) >= 11 is 0. The van der Waals surface area contributed by atoms with Gasteiger partial charge in [0.25, 0.3) is 0 Å². The molecule has 1 rings (SSSR count). The van der Waals surface area contributed by atoms with E-state index in [9.17, 15) is 4.79 Å². The Labute approximate surface area is 114 Å². The van der Waals surface area contributed by atoms with Gasteiger partial charge in [-0.05, 0) is 18.9 Å². The van der Waals surface area contributed by atoms with Crippen LogP contribution in [0.1, 0.15) is 19.3 Å². The summed E-state index contributed by atoms with van der Waals surface area (Å²) in [6, 6.07) is 1.77. The van der Waals surface area contributed by atoms with Crippen LogP contribution in [0.2, 0.25) is 0 Å². The van der Waals surface area contributed by atoms with Gasteiger partial charge in [0.2, 0.25) is 11.9 Å². The molecule has 19 heavy (non-hydrogen) atoms. The first-order valence-corrected chi connectivity index (χ1v) is 6.48. The highest BCUT2D eigenvalue weighted by Gasteiger charge is 2.07. The first kappa shape index (κ1) is 15.4. The van der Waals surface area contributed by atoms with E-state index in [1.54, 1.807) is 30.5 Å². The van der Waals surface area contributed by atoms with Gasteiger partial charge in [0.15, 0.2) is 0 Å². The van der Waals surface area contributed by atoms with Crippen LogP contribution in [0.3, 0.4) is 0 Å². The molecule has 1 aromatic heterocycles. The maximum Gasteiger partial charge on any atom is 0.222 e. The first-order valence-electron chi connectivity index (χ1n) is 6.48. The number of rotatable bonds is 9. The molecule has 1 N–H and O–H groups in total. The maximum atomic E-state index is 11.8. The molecule has 0 saturated heterocycles. The van der Waals surface area contributed by atoms with E-state index < -0.39 is 0 Å². The number of carbonyl (C=O) groups is 1. The molecule has 0 spiro atoms. The van der Waals surface area contributed by atoms with E-state index in [0.717, 1.165) is 19.4 Å². The van der Waals surface area contributed by atoms with Crippen molar-refractivity contribution in [2.75, 3.05) is 39.2 Å². The van der Waals surface area contributed by atoms with Crippen LogP contribution in [-0.2, 0) is 9.53 Å². The number of nitrogens with zero attached hydrogens (tertiary/aromatic N) is 3. The van der Waals surface area contributed by atoms with Gasteiger partial charge in [-0.15, -0.1) is 0 Å². The first-order chi connectivity index (χ1) is 9.24. The molecular weight excluding hydrogens is 244 g/mol. The molecule has 1 amide bonds. The van der Waals surface area contributed by atoms with E-state index >= 15 is 0 Å². The van der Waals surface area contributed by atoms with Gasteiger partial charge in [-0.1, -0.05) is 0 Å². The van der Waals surface area contributed by atoms with Gasteiger partial charge in [0, 0.05) is 52.7 Å². The molecule has 106 valence electrons. The highest BCUT2D eigenvalue weighted by Crippen LogP contribution is 1.99. The lowest BCUT2D eigenvalue weighted by Gasteiger charge is -2.16. The normalized spacial score (nSPS) is 10.2. The van der Waals surface area contributed by atoms with Crippen LogP contribution < -0.4 is 5.32 Å². The van der Waals surface area contributed by atoms with E-state index in [1.807, 2.05) is 7.05 Å². The van der Waals surface area contributed by atoms with Crippen LogP contribution in [0.5, 0.6) is 0 Å². The van der Waals surface area contributed by atoms with Crippen molar-refractivity contribution in [2.45, 2.75) is 19.3 Å². The zero-order chi connectivity index (χ0) is 13.9. The molecule has 0 aliphatic heterocycles. The number of aromatic nitrogens is 2. The lowest BCUT2D eigenvalue weighted by atomic mass is 10.2. The van der Waals surface area contributed by atoms with Crippen LogP contribution in [-0.4, -0.2) is 54.6 Å². The predicted molar refractivity (Wildman–Crippen MR) is 73.9 cm³/mol. The number of ether oxygens (including phenoxy) is 1. The Kier molecular flexibility index (Phi) is 7.50. The summed E-state index contributed by atoms with van der Waals surface area (Å²) in [5, 5.41) is 3.08. The number of nitrogens with one attached hydrogen (secondary N) is 1. The van der Waals surface area contributed by atoms with Gasteiger partial charge in [-0.25, -0.2) is 9.97 Å². The van der Waals surface area contributed by atoms with Gasteiger partial charge < -0.3 is 15.0 Å². The van der Waals surface area contributed by atoms with Crippen molar-refractivity contribution in [2.24, 2.45) is 0 Å². The standard InChI is InChI=1S/C13H22N4O2/c1-17(10-5-11-19-2)12(18)6-3-7-14-13-15-8-4-9-16-13/h4,8-9H,3,5-7,10-11H2,1-2H3,(H,14,15,16). The van der Waals surface area contributed by atoms with Gasteiger partial charge in [-0.3, -0.25) is 4.79 Å². The Bertz CT molecular complexity index is 359. The van der Waals surface area contributed by atoms with Gasteiger partial charge in [-0.2, -0.15) is 0 Å². The maximum absolute atomic E-state index is 11.8. The van der Waals surface area contributed by atoms with Crippen LogP contribution in [0.15, 0.2) is 18.5 Å². The Morgan fingerprint density at radius 1 is 1.37 bits per heavy atom. The van der Waals surface area contributed by atoms with Crippen LogP contribution >= 0.6 is 0 Å². The van der Waals surface area contributed by atoms with Crippen LogP contribution in [0, 0.1) is 0 Å². The lowest BCUT2D eigenvalue weighted by molar-refractivity contribution is -0.130. The number of carbonyl (C=O) groups excluding carboxylic acids is 1. The van der Waals surface area contributed by atoms with Crippen molar-refractivity contribution in [1.82, 2.24) is 14.9 Å². The summed E-state index contributed by atoms with van der Waals surface area (Å²) in [7, 11) is 3.49. The molecule has 0 aliphatic rings. The summed E-state index contributed by atoms with van der Waals surface area (Å²) in [5.74, 6) is 0.760.